The lowest BCUT2D eigenvalue weighted by Gasteiger charge is -2.32. The van der Waals surface area contributed by atoms with Gasteiger partial charge >= 0.3 is 0 Å². The summed E-state index contributed by atoms with van der Waals surface area (Å²) in [6.07, 6.45) is 6.27. The fraction of sp³-hybridized carbons (Fsp3) is 0.667. The summed E-state index contributed by atoms with van der Waals surface area (Å²) in [6.45, 7) is 6.26. The molecule has 0 aromatic heterocycles. The lowest BCUT2D eigenvalue weighted by molar-refractivity contribution is 0.526. The molecule has 1 saturated carbocycles. The molecule has 1 aliphatic rings. The molecule has 1 aliphatic carbocycles. The van der Waals surface area contributed by atoms with Crippen LogP contribution in [-0.4, -0.2) is 19.6 Å². The minimum absolute atomic E-state index is 0.120. The first kappa shape index (κ1) is 16.3. The zero-order chi connectivity index (χ0) is 15.2. The topological polar surface area (TPSA) is 15.3 Å². The minimum atomic E-state index is -0.120. The lowest BCUT2D eigenvalue weighted by Crippen LogP contribution is -2.35. The van der Waals surface area contributed by atoms with Crippen LogP contribution < -0.4 is 10.2 Å². The molecule has 0 aliphatic heterocycles. The van der Waals surface area contributed by atoms with Crippen LogP contribution in [0.25, 0.3) is 0 Å². The van der Waals surface area contributed by atoms with Gasteiger partial charge in [-0.15, -0.1) is 0 Å². The Morgan fingerprint density at radius 2 is 1.95 bits per heavy atom. The predicted molar refractivity (Wildman–Crippen MR) is 88.2 cm³/mol. The summed E-state index contributed by atoms with van der Waals surface area (Å²) in [5, 5.41) is 3.11. The standard InChI is InChI=1S/C18H29FN2/c1-14(2)8-9-21(17-6-4-5-7-17)18-11-15(13-20-3)10-16(19)12-18/h10-12,14,17,20H,4-9,13H2,1-3H3. The third-order valence-electron chi connectivity index (χ3n) is 4.37. The smallest absolute Gasteiger partial charge is 0.125 e. The van der Waals surface area contributed by atoms with Crippen LogP contribution in [0.5, 0.6) is 0 Å². The Balaban J connectivity index is 2.21. The molecule has 2 rings (SSSR count). The fourth-order valence-corrected chi connectivity index (χ4v) is 3.24. The normalized spacial score (nSPS) is 15.9. The fourth-order valence-electron chi connectivity index (χ4n) is 3.24. The van der Waals surface area contributed by atoms with E-state index in [0.29, 0.717) is 18.5 Å². The highest BCUT2D eigenvalue weighted by molar-refractivity contribution is 5.50. The van der Waals surface area contributed by atoms with Crippen molar-refractivity contribution >= 4 is 5.69 Å². The van der Waals surface area contributed by atoms with Crippen molar-refractivity contribution in [3.63, 3.8) is 0 Å². The predicted octanol–water partition coefficient (Wildman–Crippen LogP) is 4.34. The van der Waals surface area contributed by atoms with E-state index >= 15 is 0 Å². The SMILES string of the molecule is CNCc1cc(F)cc(N(CCC(C)C)C2CCCC2)c1. The Morgan fingerprint density at radius 3 is 2.57 bits per heavy atom. The molecule has 3 heteroatoms. The summed E-state index contributed by atoms with van der Waals surface area (Å²) >= 11 is 0. The summed E-state index contributed by atoms with van der Waals surface area (Å²) < 4.78 is 13.9. The quantitative estimate of drug-likeness (QED) is 0.804. The Labute approximate surface area is 128 Å². The largest absolute Gasteiger partial charge is 0.368 e. The lowest BCUT2D eigenvalue weighted by atomic mass is 10.1. The average molecular weight is 292 g/mol. The average Bonchev–Trinajstić information content (AvgIpc) is 2.92. The minimum Gasteiger partial charge on any atom is -0.368 e. The maximum absolute atomic E-state index is 13.9. The number of hydrogen-bond donors (Lipinski definition) is 1. The maximum atomic E-state index is 13.9. The number of rotatable bonds is 7. The summed E-state index contributed by atoms with van der Waals surface area (Å²) in [5.41, 5.74) is 2.09. The van der Waals surface area contributed by atoms with Gasteiger partial charge in [-0.25, -0.2) is 4.39 Å². The first-order valence-electron chi connectivity index (χ1n) is 8.31. The van der Waals surface area contributed by atoms with Gasteiger partial charge in [0.1, 0.15) is 5.82 Å². The van der Waals surface area contributed by atoms with Gasteiger partial charge in [0.2, 0.25) is 0 Å². The van der Waals surface area contributed by atoms with Gasteiger partial charge in [-0.2, -0.15) is 0 Å². The Bertz CT molecular complexity index is 439. The molecule has 2 nitrogen and oxygen atoms in total. The van der Waals surface area contributed by atoms with Crippen LogP contribution >= 0.6 is 0 Å². The molecular weight excluding hydrogens is 263 g/mol. The number of halogens is 1. The van der Waals surface area contributed by atoms with E-state index < -0.39 is 0 Å². The van der Waals surface area contributed by atoms with E-state index in [4.69, 9.17) is 0 Å². The second-order valence-corrected chi connectivity index (χ2v) is 6.66. The molecule has 0 spiro atoms. The van der Waals surface area contributed by atoms with Crippen molar-refractivity contribution in [1.82, 2.24) is 5.32 Å². The van der Waals surface area contributed by atoms with Gasteiger partial charge in [0.25, 0.3) is 0 Å². The monoisotopic (exact) mass is 292 g/mol. The molecule has 1 aromatic rings. The van der Waals surface area contributed by atoms with Crippen LogP contribution in [0.3, 0.4) is 0 Å². The van der Waals surface area contributed by atoms with Crippen LogP contribution in [0.15, 0.2) is 18.2 Å². The van der Waals surface area contributed by atoms with Crippen molar-refractivity contribution in [3.8, 4) is 0 Å². The van der Waals surface area contributed by atoms with Crippen molar-refractivity contribution in [2.24, 2.45) is 5.92 Å². The summed E-state index contributed by atoms with van der Waals surface area (Å²) in [6, 6.07) is 6.08. The van der Waals surface area contributed by atoms with Gasteiger partial charge in [-0.1, -0.05) is 26.7 Å². The van der Waals surface area contributed by atoms with Gasteiger partial charge in [0.15, 0.2) is 0 Å². The number of nitrogens with one attached hydrogen (secondary N) is 1. The highest BCUT2D eigenvalue weighted by atomic mass is 19.1. The first-order chi connectivity index (χ1) is 10.1. The zero-order valence-corrected chi connectivity index (χ0v) is 13.7. The summed E-state index contributed by atoms with van der Waals surface area (Å²) in [4.78, 5) is 2.45. The van der Waals surface area contributed by atoms with E-state index in [1.54, 1.807) is 12.1 Å². The molecule has 0 amide bonds. The van der Waals surface area contributed by atoms with Crippen LogP contribution in [0, 0.1) is 11.7 Å². The second kappa shape index (κ2) is 7.79. The van der Waals surface area contributed by atoms with E-state index in [0.717, 1.165) is 24.2 Å². The zero-order valence-electron chi connectivity index (χ0n) is 13.7. The van der Waals surface area contributed by atoms with Crippen molar-refractivity contribution in [1.29, 1.82) is 0 Å². The molecule has 1 N–H and O–H groups in total. The second-order valence-electron chi connectivity index (χ2n) is 6.66. The molecule has 0 unspecified atom stereocenters. The van der Waals surface area contributed by atoms with Gasteiger partial charge in [-0.3, -0.25) is 0 Å². The van der Waals surface area contributed by atoms with E-state index in [1.165, 1.54) is 25.7 Å². The van der Waals surface area contributed by atoms with Crippen molar-refractivity contribution in [2.75, 3.05) is 18.5 Å². The molecule has 1 fully saturated rings. The Hall–Kier alpha value is -1.09. The van der Waals surface area contributed by atoms with Crippen molar-refractivity contribution < 1.29 is 4.39 Å². The van der Waals surface area contributed by atoms with Gasteiger partial charge in [0.05, 0.1) is 0 Å². The number of benzene rings is 1. The number of hydrogen-bond acceptors (Lipinski definition) is 2. The molecule has 0 atom stereocenters. The first-order valence-corrected chi connectivity index (χ1v) is 8.31. The Morgan fingerprint density at radius 1 is 1.24 bits per heavy atom. The van der Waals surface area contributed by atoms with Gasteiger partial charge < -0.3 is 10.2 Å². The third-order valence-corrected chi connectivity index (χ3v) is 4.37. The molecule has 0 saturated heterocycles. The third kappa shape index (κ3) is 4.70. The maximum Gasteiger partial charge on any atom is 0.125 e. The van der Waals surface area contributed by atoms with Crippen LogP contribution in [-0.2, 0) is 6.54 Å². The molecule has 0 bridgehead atoms. The van der Waals surface area contributed by atoms with Crippen molar-refractivity contribution in [2.45, 2.75) is 58.5 Å². The van der Waals surface area contributed by atoms with Crippen LogP contribution in [0.2, 0.25) is 0 Å². The van der Waals surface area contributed by atoms with E-state index in [1.807, 2.05) is 7.05 Å². The molecule has 118 valence electrons. The summed E-state index contributed by atoms with van der Waals surface area (Å²) in [5.74, 6) is 0.560. The number of nitrogens with zero attached hydrogens (tertiary/aromatic N) is 1. The van der Waals surface area contributed by atoms with Crippen LogP contribution in [0.1, 0.15) is 51.5 Å². The van der Waals surface area contributed by atoms with Gasteiger partial charge in [-0.05, 0) is 56.0 Å². The molecule has 21 heavy (non-hydrogen) atoms. The molecular formula is C18H29FN2. The van der Waals surface area contributed by atoms with E-state index in [9.17, 15) is 4.39 Å². The highest BCUT2D eigenvalue weighted by Gasteiger charge is 2.23. The van der Waals surface area contributed by atoms with Crippen LogP contribution in [0.4, 0.5) is 10.1 Å². The summed E-state index contributed by atoms with van der Waals surface area (Å²) in [7, 11) is 1.90. The van der Waals surface area contributed by atoms with E-state index in [-0.39, 0.29) is 5.82 Å². The van der Waals surface area contributed by atoms with Gasteiger partial charge in [0, 0.05) is 24.8 Å². The van der Waals surface area contributed by atoms with E-state index in [2.05, 4.69) is 30.1 Å². The highest BCUT2D eigenvalue weighted by Crippen LogP contribution is 2.30. The van der Waals surface area contributed by atoms with Crippen molar-refractivity contribution in [3.05, 3.63) is 29.6 Å². The number of anilines is 1. The molecule has 0 heterocycles. The molecule has 0 radical (unpaired) electrons. The molecule has 1 aromatic carbocycles. The Kier molecular flexibility index (Phi) is 6.04.